The van der Waals surface area contributed by atoms with Crippen molar-refractivity contribution in [3.05, 3.63) is 36.4 Å². The molecule has 0 saturated heterocycles. The minimum absolute atomic E-state index is 0.0152. The number of aromatic nitrogens is 4. The van der Waals surface area contributed by atoms with Gasteiger partial charge in [0.25, 0.3) is 0 Å². The van der Waals surface area contributed by atoms with Gasteiger partial charge in [-0.05, 0) is 32.9 Å². The fraction of sp³-hybridized carbons (Fsp3) is 0.455. The van der Waals surface area contributed by atoms with Crippen molar-refractivity contribution in [2.24, 2.45) is 0 Å². The molecular weight excluding hydrogens is 202 g/mol. The second-order valence-electron chi connectivity index (χ2n) is 4.75. The van der Waals surface area contributed by atoms with Crippen LogP contribution in [0.4, 0.5) is 0 Å². The average Bonchev–Trinajstić information content (AvgIpc) is 2.85. The summed E-state index contributed by atoms with van der Waals surface area (Å²) in [6.45, 7) is 6.98. The van der Waals surface area contributed by atoms with E-state index in [9.17, 15) is 0 Å². The molecule has 0 saturated carbocycles. The summed E-state index contributed by atoms with van der Waals surface area (Å²) >= 11 is 0. The highest BCUT2D eigenvalue weighted by Crippen LogP contribution is 2.11. The molecule has 2 rings (SSSR count). The van der Waals surface area contributed by atoms with Crippen molar-refractivity contribution >= 4 is 0 Å². The second kappa shape index (κ2) is 4.00. The number of rotatable bonds is 3. The zero-order valence-corrected chi connectivity index (χ0v) is 9.88. The van der Waals surface area contributed by atoms with E-state index < -0.39 is 0 Å². The minimum Gasteiger partial charge on any atom is -0.320 e. The van der Waals surface area contributed by atoms with Crippen LogP contribution in [0.3, 0.4) is 0 Å². The third-order valence-corrected chi connectivity index (χ3v) is 2.28. The first kappa shape index (κ1) is 10.7. The molecule has 1 N–H and O–H groups in total. The van der Waals surface area contributed by atoms with Crippen LogP contribution >= 0.6 is 0 Å². The normalized spacial score (nSPS) is 11.7. The molecule has 0 aliphatic carbocycles. The van der Waals surface area contributed by atoms with Gasteiger partial charge in [0.15, 0.2) is 0 Å². The van der Waals surface area contributed by atoms with Gasteiger partial charge < -0.3 is 5.43 Å². The maximum atomic E-state index is 4.12. The Morgan fingerprint density at radius 1 is 1.25 bits per heavy atom. The molecule has 2 aromatic heterocycles. The summed E-state index contributed by atoms with van der Waals surface area (Å²) in [4.78, 5) is 0. The van der Waals surface area contributed by atoms with Gasteiger partial charge in [-0.2, -0.15) is 0 Å². The van der Waals surface area contributed by atoms with Crippen molar-refractivity contribution in [1.29, 1.82) is 0 Å². The van der Waals surface area contributed by atoms with Gasteiger partial charge in [-0.3, -0.25) is 4.68 Å². The van der Waals surface area contributed by atoms with E-state index in [0.717, 1.165) is 5.69 Å². The van der Waals surface area contributed by atoms with Crippen LogP contribution in [0.1, 0.15) is 26.5 Å². The maximum absolute atomic E-state index is 4.12. The summed E-state index contributed by atoms with van der Waals surface area (Å²) in [7, 11) is 0. The van der Waals surface area contributed by atoms with E-state index in [1.165, 1.54) is 0 Å². The lowest BCUT2D eigenvalue weighted by atomic mass is 10.1. The molecule has 0 radical (unpaired) electrons. The summed E-state index contributed by atoms with van der Waals surface area (Å²) in [5, 5.41) is 8.22. The van der Waals surface area contributed by atoms with Gasteiger partial charge in [-0.25, -0.2) is 4.68 Å². The Morgan fingerprint density at radius 3 is 2.50 bits per heavy atom. The zero-order chi connectivity index (χ0) is 11.6. The van der Waals surface area contributed by atoms with Crippen molar-refractivity contribution in [3.63, 3.8) is 0 Å². The Morgan fingerprint density at radius 2 is 1.94 bits per heavy atom. The lowest BCUT2D eigenvalue weighted by Crippen LogP contribution is -2.22. The molecule has 0 atom stereocenters. The average molecular weight is 219 g/mol. The Kier molecular flexibility index (Phi) is 2.68. The molecule has 0 spiro atoms. The Labute approximate surface area is 95.0 Å². The van der Waals surface area contributed by atoms with Gasteiger partial charge in [0.05, 0.1) is 18.3 Å². The summed E-state index contributed by atoms with van der Waals surface area (Å²) in [6.07, 6.45) is 5.87. The predicted molar refractivity (Wildman–Crippen MR) is 62.5 cm³/mol. The van der Waals surface area contributed by atoms with Crippen LogP contribution in [0.25, 0.3) is 0 Å². The highest BCUT2D eigenvalue weighted by atomic mass is 15.5. The van der Waals surface area contributed by atoms with Crippen molar-refractivity contribution in [3.8, 4) is 0 Å². The first-order valence-electron chi connectivity index (χ1n) is 5.34. The molecule has 86 valence electrons. The fourth-order valence-electron chi connectivity index (χ4n) is 1.32. The van der Waals surface area contributed by atoms with Gasteiger partial charge in [0.2, 0.25) is 0 Å². The van der Waals surface area contributed by atoms with Gasteiger partial charge in [-0.1, -0.05) is 5.21 Å². The van der Waals surface area contributed by atoms with E-state index in [1.807, 2.05) is 40.1 Å². The summed E-state index contributed by atoms with van der Waals surface area (Å²) < 4.78 is 3.77. The molecule has 0 aliphatic heterocycles. The maximum Gasteiger partial charge on any atom is 0.103 e. The standard InChI is InChI=1S/C11H17N5/c1-11(2,3)16-9-10(13-14-16)8-12-15-6-4-5-7-15/h4-7,9,12H,8H2,1-3H3. The highest BCUT2D eigenvalue weighted by molar-refractivity contribution is 4.99. The fourth-order valence-corrected chi connectivity index (χ4v) is 1.32. The Balaban J connectivity index is 1.98. The Hall–Kier alpha value is -1.78. The molecule has 5 heteroatoms. The van der Waals surface area contributed by atoms with Crippen LogP contribution in [-0.4, -0.2) is 19.7 Å². The monoisotopic (exact) mass is 219 g/mol. The number of nitrogens with one attached hydrogen (secondary N) is 1. The third-order valence-electron chi connectivity index (χ3n) is 2.28. The van der Waals surface area contributed by atoms with E-state index in [-0.39, 0.29) is 5.54 Å². The molecule has 0 aliphatic rings. The topological polar surface area (TPSA) is 47.7 Å². The molecule has 5 nitrogen and oxygen atoms in total. The predicted octanol–water partition coefficient (Wildman–Crippen LogP) is 1.58. The van der Waals surface area contributed by atoms with Gasteiger partial charge in [0.1, 0.15) is 5.69 Å². The quantitative estimate of drug-likeness (QED) is 0.852. The van der Waals surface area contributed by atoms with Crippen LogP contribution in [0.2, 0.25) is 0 Å². The minimum atomic E-state index is -0.0152. The summed E-state index contributed by atoms with van der Waals surface area (Å²) in [5.74, 6) is 0. The zero-order valence-electron chi connectivity index (χ0n) is 9.88. The van der Waals surface area contributed by atoms with Crippen LogP contribution in [-0.2, 0) is 12.1 Å². The largest absolute Gasteiger partial charge is 0.320 e. The highest BCUT2D eigenvalue weighted by Gasteiger charge is 2.14. The molecule has 2 aromatic rings. The van der Waals surface area contributed by atoms with E-state index in [1.54, 1.807) is 0 Å². The van der Waals surface area contributed by atoms with Crippen LogP contribution in [0.15, 0.2) is 30.7 Å². The van der Waals surface area contributed by atoms with E-state index in [2.05, 4.69) is 36.5 Å². The van der Waals surface area contributed by atoms with Crippen molar-refractivity contribution in [2.45, 2.75) is 32.9 Å². The number of hydrogen-bond acceptors (Lipinski definition) is 3. The lowest BCUT2D eigenvalue weighted by Gasteiger charge is -2.17. The molecule has 0 unspecified atom stereocenters. The van der Waals surface area contributed by atoms with Crippen molar-refractivity contribution in [1.82, 2.24) is 19.7 Å². The SMILES string of the molecule is CC(C)(C)n1cc(CNn2cccc2)nn1. The molecule has 0 bridgehead atoms. The molecule has 0 aromatic carbocycles. The van der Waals surface area contributed by atoms with Crippen LogP contribution < -0.4 is 5.43 Å². The molecular formula is C11H17N5. The van der Waals surface area contributed by atoms with E-state index >= 15 is 0 Å². The van der Waals surface area contributed by atoms with Crippen LogP contribution in [0, 0.1) is 0 Å². The summed E-state index contributed by atoms with van der Waals surface area (Å²) in [5.41, 5.74) is 4.13. The summed E-state index contributed by atoms with van der Waals surface area (Å²) in [6, 6.07) is 3.94. The Bertz CT molecular complexity index is 435. The van der Waals surface area contributed by atoms with E-state index in [0.29, 0.717) is 6.54 Å². The van der Waals surface area contributed by atoms with E-state index in [4.69, 9.17) is 0 Å². The smallest absolute Gasteiger partial charge is 0.103 e. The van der Waals surface area contributed by atoms with Gasteiger partial charge >= 0.3 is 0 Å². The molecule has 0 amide bonds. The number of hydrogen-bond donors (Lipinski definition) is 1. The lowest BCUT2D eigenvalue weighted by molar-refractivity contribution is 0.347. The van der Waals surface area contributed by atoms with Gasteiger partial charge in [-0.15, -0.1) is 5.10 Å². The van der Waals surface area contributed by atoms with Gasteiger partial charge in [0, 0.05) is 12.4 Å². The van der Waals surface area contributed by atoms with Crippen molar-refractivity contribution < 1.29 is 0 Å². The number of nitrogens with zero attached hydrogens (tertiary/aromatic N) is 4. The first-order valence-corrected chi connectivity index (χ1v) is 5.34. The third kappa shape index (κ3) is 2.42. The molecule has 2 heterocycles. The second-order valence-corrected chi connectivity index (χ2v) is 4.75. The van der Waals surface area contributed by atoms with Crippen LogP contribution in [0.5, 0.6) is 0 Å². The molecule has 0 fully saturated rings. The van der Waals surface area contributed by atoms with Crippen molar-refractivity contribution in [2.75, 3.05) is 5.43 Å². The first-order chi connectivity index (χ1) is 7.55. The molecule has 16 heavy (non-hydrogen) atoms.